The van der Waals surface area contributed by atoms with Gasteiger partial charge >= 0.3 is 0 Å². The van der Waals surface area contributed by atoms with Crippen molar-refractivity contribution in [3.05, 3.63) is 28.6 Å². The van der Waals surface area contributed by atoms with Crippen LogP contribution in [0.3, 0.4) is 0 Å². The van der Waals surface area contributed by atoms with Crippen LogP contribution in [0.2, 0.25) is 0 Å². The van der Waals surface area contributed by atoms with E-state index in [1.807, 2.05) is 0 Å². The third kappa shape index (κ3) is 1.97. The van der Waals surface area contributed by atoms with Crippen LogP contribution in [0.25, 0.3) is 0 Å². The Morgan fingerprint density at radius 3 is 2.73 bits per heavy atom. The minimum Gasteiger partial charge on any atom is -0.326 e. The summed E-state index contributed by atoms with van der Waals surface area (Å²) in [6.45, 7) is -0.253. The molecular formula is C9H7F2N3O. The van der Waals surface area contributed by atoms with E-state index in [9.17, 15) is 13.6 Å². The molecule has 0 aliphatic carbocycles. The highest BCUT2D eigenvalue weighted by Gasteiger charge is 2.20. The molecule has 6 heteroatoms. The Morgan fingerprint density at radius 2 is 2.33 bits per heavy atom. The van der Waals surface area contributed by atoms with Crippen molar-refractivity contribution >= 4 is 6.29 Å². The van der Waals surface area contributed by atoms with Gasteiger partial charge in [0.2, 0.25) is 0 Å². The fraction of sp³-hybridized carbons (Fsp3) is 0.222. The molecule has 0 unspecified atom stereocenters. The molecule has 0 radical (unpaired) electrons. The van der Waals surface area contributed by atoms with E-state index in [2.05, 4.69) is 4.98 Å². The van der Waals surface area contributed by atoms with Crippen molar-refractivity contribution in [3.63, 3.8) is 0 Å². The molecule has 0 aromatic carbocycles. The number of aldehydes is 1. The molecule has 1 rings (SSSR count). The summed E-state index contributed by atoms with van der Waals surface area (Å²) in [5, 5.41) is 8.62. The van der Waals surface area contributed by atoms with Crippen LogP contribution >= 0.6 is 0 Å². The molecule has 1 aromatic heterocycles. The first-order valence-corrected chi connectivity index (χ1v) is 4.01. The van der Waals surface area contributed by atoms with Gasteiger partial charge in [-0.25, -0.2) is 13.8 Å². The molecule has 15 heavy (non-hydrogen) atoms. The van der Waals surface area contributed by atoms with Crippen LogP contribution in [-0.2, 0) is 6.54 Å². The van der Waals surface area contributed by atoms with Gasteiger partial charge in [-0.2, -0.15) is 5.26 Å². The summed E-state index contributed by atoms with van der Waals surface area (Å²) in [5.74, 6) is 0. The number of aromatic nitrogens is 1. The summed E-state index contributed by atoms with van der Waals surface area (Å²) < 4.78 is 25.3. The number of pyridine rings is 1. The first-order chi connectivity index (χ1) is 7.15. The van der Waals surface area contributed by atoms with Crippen molar-refractivity contribution in [1.82, 2.24) is 4.98 Å². The van der Waals surface area contributed by atoms with Crippen molar-refractivity contribution in [3.8, 4) is 6.07 Å². The summed E-state index contributed by atoms with van der Waals surface area (Å²) >= 11 is 0. The van der Waals surface area contributed by atoms with E-state index in [0.717, 1.165) is 6.20 Å². The second-order valence-electron chi connectivity index (χ2n) is 2.69. The lowest BCUT2D eigenvalue weighted by molar-refractivity contribution is 0.110. The summed E-state index contributed by atoms with van der Waals surface area (Å²) in [6.07, 6.45) is -1.63. The number of carbonyl (C=O) groups is 1. The van der Waals surface area contributed by atoms with Crippen LogP contribution in [0.4, 0.5) is 8.78 Å². The van der Waals surface area contributed by atoms with E-state index >= 15 is 0 Å². The van der Waals surface area contributed by atoms with Crippen LogP contribution in [0.1, 0.15) is 33.6 Å². The van der Waals surface area contributed by atoms with E-state index in [1.54, 1.807) is 6.07 Å². The minimum atomic E-state index is -2.85. The highest BCUT2D eigenvalue weighted by atomic mass is 19.3. The van der Waals surface area contributed by atoms with Gasteiger partial charge in [0.05, 0.1) is 0 Å². The minimum absolute atomic E-state index is 0.0721. The Morgan fingerprint density at radius 1 is 1.67 bits per heavy atom. The first kappa shape index (κ1) is 11.2. The van der Waals surface area contributed by atoms with E-state index in [-0.39, 0.29) is 29.7 Å². The number of rotatable bonds is 3. The SMILES string of the molecule is N#Cc1ncc(C=O)c(C(F)F)c1CN. The zero-order valence-corrected chi connectivity index (χ0v) is 7.58. The molecule has 0 aliphatic rings. The van der Waals surface area contributed by atoms with Gasteiger partial charge < -0.3 is 5.73 Å². The molecule has 0 aliphatic heterocycles. The van der Waals surface area contributed by atoms with Gasteiger partial charge in [0, 0.05) is 29.4 Å². The molecule has 0 saturated heterocycles. The van der Waals surface area contributed by atoms with Gasteiger partial charge in [0.25, 0.3) is 6.43 Å². The average Bonchev–Trinajstić information content (AvgIpc) is 2.26. The topological polar surface area (TPSA) is 79.8 Å². The molecule has 78 valence electrons. The summed E-state index contributed by atoms with van der Waals surface area (Å²) in [6, 6.07) is 1.65. The van der Waals surface area contributed by atoms with Crippen molar-refractivity contribution in [2.24, 2.45) is 5.73 Å². The highest BCUT2D eigenvalue weighted by Crippen LogP contribution is 2.26. The molecule has 0 fully saturated rings. The highest BCUT2D eigenvalue weighted by molar-refractivity contribution is 5.78. The molecular weight excluding hydrogens is 204 g/mol. The Kier molecular flexibility index (Phi) is 3.42. The van der Waals surface area contributed by atoms with Gasteiger partial charge in [0.15, 0.2) is 6.29 Å². The van der Waals surface area contributed by atoms with Crippen molar-refractivity contribution in [2.45, 2.75) is 13.0 Å². The molecule has 0 saturated carbocycles. The second-order valence-corrected chi connectivity index (χ2v) is 2.69. The molecule has 1 heterocycles. The molecule has 0 bridgehead atoms. The Bertz CT molecular complexity index is 426. The van der Waals surface area contributed by atoms with Gasteiger partial charge in [-0.05, 0) is 0 Å². The normalized spacial score (nSPS) is 10.1. The number of hydrogen-bond donors (Lipinski definition) is 1. The van der Waals surface area contributed by atoms with Crippen molar-refractivity contribution in [1.29, 1.82) is 5.26 Å². The van der Waals surface area contributed by atoms with E-state index in [1.165, 1.54) is 0 Å². The van der Waals surface area contributed by atoms with Gasteiger partial charge in [-0.1, -0.05) is 0 Å². The second kappa shape index (κ2) is 4.57. The summed E-state index contributed by atoms with van der Waals surface area (Å²) in [5.41, 5.74) is 4.27. The van der Waals surface area contributed by atoms with Crippen LogP contribution in [-0.4, -0.2) is 11.3 Å². The van der Waals surface area contributed by atoms with E-state index < -0.39 is 12.0 Å². The Hall–Kier alpha value is -1.87. The zero-order valence-electron chi connectivity index (χ0n) is 7.58. The van der Waals surface area contributed by atoms with E-state index in [4.69, 9.17) is 11.0 Å². The first-order valence-electron chi connectivity index (χ1n) is 4.01. The Labute approximate surface area is 84.3 Å². The summed E-state index contributed by atoms with van der Waals surface area (Å²) in [4.78, 5) is 14.1. The number of nitrogens with two attached hydrogens (primary N) is 1. The lowest BCUT2D eigenvalue weighted by atomic mass is 10.0. The van der Waals surface area contributed by atoms with Crippen LogP contribution < -0.4 is 5.73 Å². The Balaban J connectivity index is 3.53. The predicted octanol–water partition coefficient (Wildman–Crippen LogP) is 1.16. The number of alkyl halides is 2. The fourth-order valence-electron chi connectivity index (χ4n) is 1.24. The molecule has 0 amide bonds. The van der Waals surface area contributed by atoms with Gasteiger partial charge in [-0.3, -0.25) is 4.79 Å². The average molecular weight is 211 g/mol. The lowest BCUT2D eigenvalue weighted by Crippen LogP contribution is -2.09. The fourth-order valence-corrected chi connectivity index (χ4v) is 1.24. The smallest absolute Gasteiger partial charge is 0.265 e. The number of nitriles is 1. The number of carbonyl (C=O) groups excluding carboxylic acids is 1. The van der Waals surface area contributed by atoms with Crippen LogP contribution in [0.5, 0.6) is 0 Å². The standard InChI is InChI=1S/C9H7F2N3O/c10-9(11)8-5(4-15)3-14-7(2-13)6(8)1-12/h3-4,9H,1,12H2. The third-order valence-corrected chi connectivity index (χ3v) is 1.91. The number of halogens is 2. The third-order valence-electron chi connectivity index (χ3n) is 1.91. The molecule has 0 spiro atoms. The maximum absolute atomic E-state index is 12.6. The van der Waals surface area contributed by atoms with Gasteiger partial charge in [0.1, 0.15) is 11.8 Å². The number of hydrogen-bond acceptors (Lipinski definition) is 4. The largest absolute Gasteiger partial charge is 0.326 e. The van der Waals surface area contributed by atoms with Crippen molar-refractivity contribution < 1.29 is 13.6 Å². The van der Waals surface area contributed by atoms with Crippen LogP contribution in [0, 0.1) is 11.3 Å². The van der Waals surface area contributed by atoms with Crippen molar-refractivity contribution in [2.75, 3.05) is 0 Å². The van der Waals surface area contributed by atoms with Gasteiger partial charge in [-0.15, -0.1) is 0 Å². The summed E-state index contributed by atoms with van der Waals surface area (Å²) in [7, 11) is 0. The monoisotopic (exact) mass is 211 g/mol. The number of nitrogens with zero attached hydrogens (tertiary/aromatic N) is 2. The zero-order chi connectivity index (χ0) is 11.4. The maximum Gasteiger partial charge on any atom is 0.265 e. The van der Waals surface area contributed by atoms with Crippen LogP contribution in [0.15, 0.2) is 6.20 Å². The maximum atomic E-state index is 12.6. The lowest BCUT2D eigenvalue weighted by Gasteiger charge is -2.09. The predicted molar refractivity (Wildman–Crippen MR) is 47.2 cm³/mol. The molecule has 2 N–H and O–H groups in total. The van der Waals surface area contributed by atoms with E-state index in [0.29, 0.717) is 0 Å². The molecule has 1 aromatic rings. The quantitative estimate of drug-likeness (QED) is 0.761. The molecule has 4 nitrogen and oxygen atoms in total. The molecule has 0 atom stereocenters.